The van der Waals surface area contributed by atoms with Crippen LogP contribution in [0.25, 0.3) is 0 Å². The van der Waals surface area contributed by atoms with Crippen molar-refractivity contribution in [2.45, 2.75) is 70.8 Å². The lowest BCUT2D eigenvalue weighted by Crippen LogP contribution is -2.45. The molecule has 1 amide bonds. The summed E-state index contributed by atoms with van der Waals surface area (Å²) in [6.45, 7) is 6.48. The number of ether oxygens (including phenoxy) is 2. The highest BCUT2D eigenvalue weighted by atomic mass is 16.6. The number of rotatable bonds is 9. The topological polar surface area (TPSA) is 79.2 Å². The van der Waals surface area contributed by atoms with Gasteiger partial charge in [0.25, 0.3) is 5.91 Å². The van der Waals surface area contributed by atoms with Gasteiger partial charge in [-0.25, -0.2) is 0 Å². The van der Waals surface area contributed by atoms with Crippen molar-refractivity contribution in [1.82, 2.24) is 4.90 Å². The first-order chi connectivity index (χ1) is 13.9. The van der Waals surface area contributed by atoms with Crippen LogP contribution in [-0.2, 0) is 10.5 Å². The first-order valence-electron chi connectivity index (χ1n) is 10.6. The Morgan fingerprint density at radius 1 is 1.38 bits per heavy atom. The second-order valence-electron chi connectivity index (χ2n) is 8.16. The van der Waals surface area contributed by atoms with Crippen molar-refractivity contribution in [2.75, 3.05) is 19.8 Å². The van der Waals surface area contributed by atoms with Crippen LogP contribution in [0.15, 0.2) is 29.8 Å². The summed E-state index contributed by atoms with van der Waals surface area (Å²) < 4.78 is 12.3. The molecule has 1 saturated heterocycles. The molecule has 1 spiro atoms. The molecule has 3 rings (SSSR count). The average Bonchev–Trinajstić information content (AvgIpc) is 3.12. The normalized spacial score (nSPS) is 25.6. The molecule has 3 atom stereocenters. The monoisotopic (exact) mass is 403 g/mol. The quantitative estimate of drug-likeness (QED) is 0.488. The zero-order chi connectivity index (χ0) is 21.0. The number of amides is 1. The van der Waals surface area contributed by atoms with Crippen molar-refractivity contribution in [3.05, 3.63) is 41.0 Å². The molecule has 160 valence electrons. The van der Waals surface area contributed by atoms with E-state index in [0.29, 0.717) is 24.3 Å². The van der Waals surface area contributed by atoms with Crippen molar-refractivity contribution in [3.63, 3.8) is 0 Å². The molecule has 29 heavy (non-hydrogen) atoms. The van der Waals surface area contributed by atoms with E-state index < -0.39 is 11.8 Å². The van der Waals surface area contributed by atoms with E-state index in [4.69, 9.17) is 9.47 Å². The summed E-state index contributed by atoms with van der Waals surface area (Å²) in [5.41, 5.74) is 1.30. The summed E-state index contributed by atoms with van der Waals surface area (Å²) in [6, 6.07) is 5.52. The minimum absolute atomic E-state index is 0.148. The number of carbonyl (C=O) groups is 1. The number of β-amino-alcohol motifs (C(OH)–C–C–N with tert-alkyl or cyclic N) is 1. The maximum atomic E-state index is 13.3. The molecule has 0 aromatic heterocycles. The molecule has 0 aliphatic carbocycles. The summed E-state index contributed by atoms with van der Waals surface area (Å²) in [5.74, 6) is 0.292. The molecule has 0 unspecified atom stereocenters. The fraction of sp³-hybridized carbons (Fsp3) is 0.609. The summed E-state index contributed by atoms with van der Waals surface area (Å²) in [6.07, 6.45) is 5.19. The van der Waals surface area contributed by atoms with Crippen LogP contribution < -0.4 is 4.74 Å². The highest BCUT2D eigenvalue weighted by Gasteiger charge is 2.58. The average molecular weight is 404 g/mol. The molecule has 2 aliphatic heterocycles. The van der Waals surface area contributed by atoms with Gasteiger partial charge >= 0.3 is 0 Å². The van der Waals surface area contributed by atoms with Gasteiger partial charge in [-0.15, -0.1) is 0 Å². The minimum atomic E-state index is -1.04. The third-order valence-corrected chi connectivity index (χ3v) is 5.75. The Balaban J connectivity index is 1.94. The van der Waals surface area contributed by atoms with Crippen LogP contribution in [0, 0.1) is 0 Å². The molecule has 0 bridgehead atoms. The van der Waals surface area contributed by atoms with Crippen molar-refractivity contribution in [1.29, 1.82) is 0 Å². The Morgan fingerprint density at radius 2 is 2.17 bits per heavy atom. The number of nitrogens with zero attached hydrogens (tertiary/aromatic N) is 1. The second kappa shape index (κ2) is 9.28. The second-order valence-corrected chi connectivity index (χ2v) is 8.16. The van der Waals surface area contributed by atoms with Gasteiger partial charge in [0.05, 0.1) is 24.4 Å². The molecular weight excluding hydrogens is 370 g/mol. The van der Waals surface area contributed by atoms with Crippen molar-refractivity contribution in [3.8, 4) is 5.75 Å². The molecule has 0 saturated carbocycles. The Kier molecular flexibility index (Phi) is 6.98. The summed E-state index contributed by atoms with van der Waals surface area (Å²) in [4.78, 5) is 14.9. The SMILES string of the molecule is CCCCC[C@@H]1O[C@@]2(C[C@@H]1O)c1cccc(OCC=C(C)C)c1C(=O)N2CCO. The fourth-order valence-electron chi connectivity index (χ4n) is 4.31. The number of allylic oxidation sites excluding steroid dienone is 1. The van der Waals surface area contributed by atoms with Gasteiger partial charge in [0.2, 0.25) is 0 Å². The predicted octanol–water partition coefficient (Wildman–Crippen LogP) is 3.36. The third kappa shape index (κ3) is 4.20. The first-order valence-corrected chi connectivity index (χ1v) is 10.6. The van der Waals surface area contributed by atoms with E-state index in [0.717, 1.165) is 36.8 Å². The molecule has 2 N–H and O–H groups in total. The van der Waals surface area contributed by atoms with Crippen molar-refractivity contribution >= 4 is 5.91 Å². The predicted molar refractivity (Wildman–Crippen MR) is 111 cm³/mol. The number of unbranched alkanes of at least 4 members (excludes halogenated alkanes) is 2. The number of carbonyl (C=O) groups excluding carboxylic acids is 1. The van der Waals surface area contributed by atoms with Gasteiger partial charge in [0.15, 0.2) is 5.72 Å². The molecule has 6 heteroatoms. The Hall–Kier alpha value is -1.89. The maximum absolute atomic E-state index is 13.3. The van der Waals surface area contributed by atoms with Crippen LogP contribution in [0.1, 0.15) is 68.8 Å². The Labute approximate surface area is 173 Å². The van der Waals surface area contributed by atoms with E-state index in [1.807, 2.05) is 32.1 Å². The lowest BCUT2D eigenvalue weighted by Gasteiger charge is -2.35. The van der Waals surface area contributed by atoms with Crippen LogP contribution in [0.3, 0.4) is 0 Å². The highest BCUT2D eigenvalue weighted by Crippen LogP contribution is 2.51. The molecule has 1 fully saturated rings. The minimum Gasteiger partial charge on any atom is -0.489 e. The number of aliphatic hydroxyl groups is 2. The van der Waals surface area contributed by atoms with E-state index in [-0.39, 0.29) is 25.2 Å². The molecule has 1 aromatic rings. The molecular formula is C23H33NO5. The number of hydrogen-bond acceptors (Lipinski definition) is 5. The van der Waals surface area contributed by atoms with Crippen LogP contribution >= 0.6 is 0 Å². The molecule has 6 nitrogen and oxygen atoms in total. The van der Waals surface area contributed by atoms with Gasteiger partial charge in [-0.1, -0.05) is 43.9 Å². The fourth-order valence-corrected chi connectivity index (χ4v) is 4.31. The zero-order valence-corrected chi connectivity index (χ0v) is 17.7. The van der Waals surface area contributed by atoms with E-state index in [2.05, 4.69) is 6.92 Å². The summed E-state index contributed by atoms with van der Waals surface area (Å²) in [7, 11) is 0. The molecule has 2 heterocycles. The van der Waals surface area contributed by atoms with E-state index in [1.54, 1.807) is 11.0 Å². The zero-order valence-electron chi connectivity index (χ0n) is 17.7. The number of fused-ring (bicyclic) bond motifs is 2. The van der Waals surface area contributed by atoms with E-state index in [9.17, 15) is 15.0 Å². The van der Waals surface area contributed by atoms with Gasteiger partial charge in [-0.2, -0.15) is 0 Å². The maximum Gasteiger partial charge on any atom is 0.260 e. The van der Waals surface area contributed by atoms with Crippen molar-refractivity contribution < 1.29 is 24.5 Å². The third-order valence-electron chi connectivity index (χ3n) is 5.75. The van der Waals surface area contributed by atoms with Crippen LogP contribution in [-0.4, -0.2) is 53.0 Å². The van der Waals surface area contributed by atoms with Crippen LogP contribution in [0.5, 0.6) is 5.75 Å². The number of hydrogen-bond donors (Lipinski definition) is 2. The molecule has 1 aromatic carbocycles. The van der Waals surface area contributed by atoms with Gasteiger partial charge < -0.3 is 24.6 Å². The van der Waals surface area contributed by atoms with Gasteiger partial charge in [0, 0.05) is 18.5 Å². The van der Waals surface area contributed by atoms with Gasteiger partial charge in [-0.05, 0) is 32.4 Å². The largest absolute Gasteiger partial charge is 0.489 e. The number of benzene rings is 1. The van der Waals surface area contributed by atoms with Crippen molar-refractivity contribution in [2.24, 2.45) is 0 Å². The highest BCUT2D eigenvalue weighted by molar-refractivity contribution is 6.02. The smallest absolute Gasteiger partial charge is 0.260 e. The van der Waals surface area contributed by atoms with Crippen LogP contribution in [0.4, 0.5) is 0 Å². The first kappa shape index (κ1) is 21.8. The lowest BCUT2D eigenvalue weighted by atomic mass is 9.96. The van der Waals surface area contributed by atoms with Gasteiger partial charge in [-0.3, -0.25) is 4.79 Å². The molecule has 2 aliphatic rings. The standard InChI is InChI=1S/C23H33NO5/c1-4-5-6-9-19-18(26)15-23(29-19)17-8-7-10-20(28-14-11-16(2)3)21(17)22(27)24(23)12-13-25/h7-8,10-11,18-19,25-26H,4-6,9,12-15H2,1-3H3/t18-,19-,23-/m0/s1. The van der Waals surface area contributed by atoms with Gasteiger partial charge in [0.1, 0.15) is 12.4 Å². The number of aliphatic hydroxyl groups excluding tert-OH is 2. The Morgan fingerprint density at radius 3 is 2.86 bits per heavy atom. The summed E-state index contributed by atoms with van der Waals surface area (Å²) in [5, 5.41) is 20.3. The molecule has 0 radical (unpaired) electrons. The summed E-state index contributed by atoms with van der Waals surface area (Å²) >= 11 is 0. The Bertz CT molecular complexity index is 758. The van der Waals surface area contributed by atoms with E-state index in [1.165, 1.54) is 0 Å². The lowest BCUT2D eigenvalue weighted by molar-refractivity contribution is -0.135. The van der Waals surface area contributed by atoms with Crippen LogP contribution in [0.2, 0.25) is 0 Å². The van der Waals surface area contributed by atoms with E-state index >= 15 is 0 Å².